The standard InChI is InChI=1S/C22H15BrN2O4S/c1-11-10-30-22(24-11)25-18(12-3-6-14(28-2)7-4-12)17-19(26)15-9-13(23)5-8-16(15)29-20(17)21(25)27/h3-10,18H,1-2H3/t18-/m0/s1. The minimum absolute atomic E-state index is 0.0588. The molecule has 5 rings (SSSR count). The van der Waals surface area contributed by atoms with Gasteiger partial charge in [-0.3, -0.25) is 14.5 Å². The van der Waals surface area contributed by atoms with Gasteiger partial charge in [0, 0.05) is 9.85 Å². The zero-order valence-electron chi connectivity index (χ0n) is 16.0. The highest BCUT2D eigenvalue weighted by molar-refractivity contribution is 9.10. The molecular weight excluding hydrogens is 468 g/mol. The topological polar surface area (TPSA) is 72.6 Å². The lowest BCUT2D eigenvalue weighted by Gasteiger charge is -2.22. The van der Waals surface area contributed by atoms with Crippen LogP contribution in [0.5, 0.6) is 5.75 Å². The number of methoxy groups -OCH3 is 1. The number of rotatable bonds is 3. The number of thiazole rings is 1. The Kier molecular flexibility index (Phi) is 4.48. The summed E-state index contributed by atoms with van der Waals surface area (Å²) in [6.07, 6.45) is 0. The zero-order chi connectivity index (χ0) is 21.0. The number of aryl methyl sites for hydroxylation is 1. The van der Waals surface area contributed by atoms with Crippen LogP contribution in [0.2, 0.25) is 0 Å². The average molecular weight is 483 g/mol. The monoisotopic (exact) mass is 482 g/mol. The van der Waals surface area contributed by atoms with Crippen LogP contribution in [0.15, 0.2) is 61.5 Å². The minimum Gasteiger partial charge on any atom is -0.497 e. The predicted molar refractivity (Wildman–Crippen MR) is 119 cm³/mol. The highest BCUT2D eigenvalue weighted by Crippen LogP contribution is 2.42. The number of hydrogen-bond acceptors (Lipinski definition) is 6. The fourth-order valence-corrected chi connectivity index (χ4v) is 4.88. The van der Waals surface area contributed by atoms with Crippen molar-refractivity contribution in [2.24, 2.45) is 0 Å². The summed E-state index contributed by atoms with van der Waals surface area (Å²) in [5.74, 6) is 0.375. The molecule has 1 aliphatic heterocycles. The first kappa shape index (κ1) is 19.0. The lowest BCUT2D eigenvalue weighted by atomic mass is 9.98. The number of carbonyl (C=O) groups excluding carboxylic acids is 1. The Balaban J connectivity index is 1.80. The van der Waals surface area contributed by atoms with Gasteiger partial charge in [0.2, 0.25) is 5.76 Å². The van der Waals surface area contributed by atoms with Crippen LogP contribution in [0.4, 0.5) is 5.13 Å². The number of amides is 1. The summed E-state index contributed by atoms with van der Waals surface area (Å²) in [6.45, 7) is 1.87. The highest BCUT2D eigenvalue weighted by atomic mass is 79.9. The number of halogens is 1. The number of benzene rings is 2. The van der Waals surface area contributed by atoms with Gasteiger partial charge < -0.3 is 9.15 Å². The van der Waals surface area contributed by atoms with E-state index in [2.05, 4.69) is 20.9 Å². The van der Waals surface area contributed by atoms with Gasteiger partial charge in [0.15, 0.2) is 10.6 Å². The van der Waals surface area contributed by atoms with Gasteiger partial charge >= 0.3 is 0 Å². The Morgan fingerprint density at radius 3 is 2.60 bits per heavy atom. The molecule has 0 bridgehead atoms. The molecule has 150 valence electrons. The third-order valence-electron chi connectivity index (χ3n) is 5.08. The van der Waals surface area contributed by atoms with Gasteiger partial charge in [-0.2, -0.15) is 0 Å². The molecule has 2 aromatic heterocycles. The van der Waals surface area contributed by atoms with E-state index in [1.165, 1.54) is 11.3 Å². The Morgan fingerprint density at radius 2 is 1.93 bits per heavy atom. The Bertz CT molecular complexity index is 1360. The Hall–Kier alpha value is -2.97. The van der Waals surface area contributed by atoms with E-state index in [1.807, 2.05) is 36.6 Å². The van der Waals surface area contributed by atoms with Crippen molar-refractivity contribution in [2.75, 3.05) is 12.0 Å². The van der Waals surface area contributed by atoms with Crippen LogP contribution in [0, 0.1) is 6.92 Å². The van der Waals surface area contributed by atoms with Crippen molar-refractivity contribution in [1.29, 1.82) is 0 Å². The number of nitrogens with zero attached hydrogens (tertiary/aromatic N) is 2. The minimum atomic E-state index is -0.636. The molecule has 2 aromatic carbocycles. The van der Waals surface area contributed by atoms with Crippen LogP contribution >= 0.6 is 27.3 Å². The zero-order valence-corrected chi connectivity index (χ0v) is 18.4. The summed E-state index contributed by atoms with van der Waals surface area (Å²) >= 11 is 4.76. The Labute approximate surface area is 183 Å². The molecule has 0 saturated heterocycles. The van der Waals surface area contributed by atoms with Crippen molar-refractivity contribution >= 4 is 49.3 Å². The predicted octanol–water partition coefficient (Wildman–Crippen LogP) is 5.08. The molecule has 0 unspecified atom stereocenters. The molecule has 8 heteroatoms. The number of hydrogen-bond donors (Lipinski definition) is 0. The summed E-state index contributed by atoms with van der Waals surface area (Å²) in [5.41, 5.74) is 2.06. The van der Waals surface area contributed by atoms with Crippen LogP contribution in [0.3, 0.4) is 0 Å². The first-order valence-corrected chi connectivity index (χ1v) is 10.8. The van der Waals surface area contributed by atoms with E-state index in [-0.39, 0.29) is 17.1 Å². The fourth-order valence-electron chi connectivity index (χ4n) is 3.70. The third kappa shape index (κ3) is 2.86. The number of ether oxygens (including phenoxy) is 1. The molecule has 1 atom stereocenters. The smallest absolute Gasteiger partial charge is 0.297 e. The maximum absolute atomic E-state index is 13.5. The average Bonchev–Trinajstić information content (AvgIpc) is 3.30. The highest BCUT2D eigenvalue weighted by Gasteiger charge is 2.44. The van der Waals surface area contributed by atoms with Crippen molar-refractivity contribution in [2.45, 2.75) is 13.0 Å². The first-order chi connectivity index (χ1) is 14.5. The number of aromatic nitrogens is 1. The van der Waals surface area contributed by atoms with E-state index < -0.39 is 6.04 Å². The molecule has 6 nitrogen and oxygen atoms in total. The van der Waals surface area contributed by atoms with E-state index in [1.54, 1.807) is 30.2 Å². The van der Waals surface area contributed by atoms with Gasteiger partial charge in [0.25, 0.3) is 5.91 Å². The van der Waals surface area contributed by atoms with Gasteiger partial charge in [-0.05, 0) is 42.8 Å². The van der Waals surface area contributed by atoms with Crippen molar-refractivity contribution in [1.82, 2.24) is 4.98 Å². The van der Waals surface area contributed by atoms with Gasteiger partial charge in [0.1, 0.15) is 11.3 Å². The molecular formula is C22H15BrN2O4S. The van der Waals surface area contributed by atoms with E-state index >= 15 is 0 Å². The van der Waals surface area contributed by atoms with E-state index in [0.29, 0.717) is 27.4 Å². The van der Waals surface area contributed by atoms with Crippen LogP contribution in [-0.2, 0) is 0 Å². The van der Waals surface area contributed by atoms with Gasteiger partial charge in [0.05, 0.1) is 29.8 Å². The fraction of sp³-hybridized carbons (Fsp3) is 0.136. The molecule has 0 spiro atoms. The number of carbonyl (C=O) groups is 1. The molecule has 0 fully saturated rings. The molecule has 1 amide bonds. The molecule has 0 radical (unpaired) electrons. The quantitative estimate of drug-likeness (QED) is 0.407. The third-order valence-corrected chi connectivity index (χ3v) is 6.53. The number of anilines is 1. The van der Waals surface area contributed by atoms with Gasteiger partial charge in [-0.1, -0.05) is 28.1 Å². The Morgan fingerprint density at radius 1 is 1.17 bits per heavy atom. The molecule has 0 N–H and O–H groups in total. The van der Waals surface area contributed by atoms with Crippen molar-refractivity contribution < 1.29 is 13.9 Å². The lowest BCUT2D eigenvalue weighted by Crippen LogP contribution is -2.29. The summed E-state index contributed by atoms with van der Waals surface area (Å²) in [4.78, 5) is 32.9. The SMILES string of the molecule is COc1ccc([C@H]2c3c(oc4ccc(Br)cc4c3=O)C(=O)N2c2nc(C)cs2)cc1. The lowest BCUT2D eigenvalue weighted by molar-refractivity contribution is 0.0971. The second kappa shape index (κ2) is 7.07. The maximum atomic E-state index is 13.5. The number of fused-ring (bicyclic) bond motifs is 2. The van der Waals surface area contributed by atoms with E-state index in [9.17, 15) is 9.59 Å². The molecule has 4 aromatic rings. The van der Waals surface area contributed by atoms with Crippen molar-refractivity contribution in [3.63, 3.8) is 0 Å². The molecule has 3 heterocycles. The normalized spacial score (nSPS) is 15.6. The maximum Gasteiger partial charge on any atom is 0.297 e. The van der Waals surface area contributed by atoms with Crippen molar-refractivity contribution in [3.8, 4) is 5.75 Å². The van der Waals surface area contributed by atoms with E-state index in [4.69, 9.17) is 9.15 Å². The van der Waals surface area contributed by atoms with Crippen LogP contribution in [-0.4, -0.2) is 18.0 Å². The summed E-state index contributed by atoms with van der Waals surface area (Å²) in [5, 5.41) is 2.82. The van der Waals surface area contributed by atoms with E-state index in [0.717, 1.165) is 15.7 Å². The molecule has 0 aliphatic carbocycles. The van der Waals surface area contributed by atoms with Crippen LogP contribution in [0.1, 0.15) is 33.4 Å². The molecule has 0 saturated carbocycles. The summed E-state index contributed by atoms with van der Waals surface area (Å²) in [7, 11) is 1.59. The van der Waals surface area contributed by atoms with Gasteiger partial charge in [-0.25, -0.2) is 4.98 Å². The largest absolute Gasteiger partial charge is 0.497 e. The first-order valence-electron chi connectivity index (χ1n) is 9.14. The molecule has 1 aliphatic rings. The van der Waals surface area contributed by atoms with Crippen LogP contribution in [0.25, 0.3) is 11.0 Å². The van der Waals surface area contributed by atoms with Gasteiger partial charge in [-0.15, -0.1) is 11.3 Å². The second-order valence-electron chi connectivity index (χ2n) is 6.94. The molecule has 30 heavy (non-hydrogen) atoms. The summed E-state index contributed by atoms with van der Waals surface area (Å²) < 4.78 is 12.0. The van der Waals surface area contributed by atoms with Crippen molar-refractivity contribution in [3.05, 3.63) is 85.1 Å². The summed E-state index contributed by atoms with van der Waals surface area (Å²) in [6, 6.07) is 11.9. The van der Waals surface area contributed by atoms with Crippen LogP contribution < -0.4 is 15.1 Å². The second-order valence-corrected chi connectivity index (χ2v) is 8.69.